The molecule has 0 unspecified atom stereocenters. The molecule has 0 amide bonds. The molecule has 1 heteroatoms. The van der Waals surface area contributed by atoms with Gasteiger partial charge in [0.2, 0.25) is 0 Å². The SMILES string of the molecule is O=Cc1cc2cc3ccccc3cc2c2c1C2. The molecule has 0 saturated heterocycles. The number of carbonyl (C=O) groups excluding carboxylic acids is 1. The van der Waals surface area contributed by atoms with Crippen LogP contribution in [-0.2, 0) is 6.42 Å². The molecule has 4 rings (SSSR count). The van der Waals surface area contributed by atoms with E-state index < -0.39 is 0 Å². The van der Waals surface area contributed by atoms with Crippen LogP contribution in [0.4, 0.5) is 0 Å². The minimum absolute atomic E-state index is 0.864. The third-order valence-corrected chi connectivity index (χ3v) is 3.62. The second-order valence-electron chi connectivity index (χ2n) is 4.64. The average Bonchev–Trinajstić information content (AvgIpc) is 3.16. The lowest BCUT2D eigenvalue weighted by molar-refractivity contribution is 0.112. The second kappa shape index (κ2) is 2.95. The number of aldehydes is 1. The van der Waals surface area contributed by atoms with Crippen LogP contribution in [0.15, 0.2) is 42.5 Å². The highest BCUT2D eigenvalue weighted by atomic mass is 16.1. The van der Waals surface area contributed by atoms with Gasteiger partial charge in [-0.15, -0.1) is 0 Å². The first-order chi connectivity index (χ1) is 8.36. The van der Waals surface area contributed by atoms with E-state index in [4.69, 9.17) is 0 Å². The predicted molar refractivity (Wildman–Crippen MR) is 69.6 cm³/mol. The van der Waals surface area contributed by atoms with Crippen LogP contribution in [-0.4, -0.2) is 6.29 Å². The largest absolute Gasteiger partial charge is 0.298 e. The first-order valence-corrected chi connectivity index (χ1v) is 5.79. The maximum absolute atomic E-state index is 11.0. The summed E-state index contributed by atoms with van der Waals surface area (Å²) >= 11 is 0. The normalized spacial score (nSPS) is 12.7. The van der Waals surface area contributed by atoms with Crippen molar-refractivity contribution in [1.29, 1.82) is 0 Å². The Bertz CT molecular complexity index is 784. The molecule has 0 aliphatic heterocycles. The zero-order valence-corrected chi connectivity index (χ0v) is 9.23. The summed E-state index contributed by atoms with van der Waals surface area (Å²) in [7, 11) is 0. The Morgan fingerprint density at radius 2 is 1.65 bits per heavy atom. The topological polar surface area (TPSA) is 17.1 Å². The van der Waals surface area contributed by atoms with Gasteiger partial charge in [0.05, 0.1) is 0 Å². The minimum atomic E-state index is 0.864. The Balaban J connectivity index is 2.19. The summed E-state index contributed by atoms with van der Waals surface area (Å²) in [5, 5.41) is 5.00. The average molecular weight is 218 g/mol. The Kier molecular flexibility index (Phi) is 1.55. The minimum Gasteiger partial charge on any atom is -0.298 e. The molecule has 0 atom stereocenters. The van der Waals surface area contributed by atoms with Crippen molar-refractivity contribution >= 4 is 27.8 Å². The number of hydrogen-bond acceptors (Lipinski definition) is 1. The quantitative estimate of drug-likeness (QED) is 0.351. The van der Waals surface area contributed by atoms with E-state index in [9.17, 15) is 4.79 Å². The van der Waals surface area contributed by atoms with E-state index in [1.54, 1.807) is 0 Å². The third kappa shape index (κ3) is 1.17. The van der Waals surface area contributed by atoms with E-state index in [-0.39, 0.29) is 0 Å². The zero-order chi connectivity index (χ0) is 11.4. The third-order valence-electron chi connectivity index (χ3n) is 3.62. The molecule has 0 N–H and O–H groups in total. The van der Waals surface area contributed by atoms with Crippen molar-refractivity contribution < 1.29 is 4.79 Å². The van der Waals surface area contributed by atoms with Crippen LogP contribution in [0, 0.1) is 0 Å². The van der Waals surface area contributed by atoms with Crippen LogP contribution in [0.25, 0.3) is 21.5 Å². The van der Waals surface area contributed by atoms with Crippen LogP contribution in [0.3, 0.4) is 0 Å². The molecule has 3 aromatic rings. The van der Waals surface area contributed by atoms with Gasteiger partial charge in [0, 0.05) is 5.56 Å². The van der Waals surface area contributed by atoms with Crippen LogP contribution in [0.1, 0.15) is 21.5 Å². The highest BCUT2D eigenvalue weighted by Crippen LogP contribution is 2.39. The summed E-state index contributed by atoms with van der Waals surface area (Å²) in [5.74, 6) is 0. The van der Waals surface area contributed by atoms with Gasteiger partial charge in [-0.1, -0.05) is 24.3 Å². The molecule has 0 spiro atoms. The number of rotatable bonds is 1. The molecule has 0 aromatic heterocycles. The molecule has 0 radical (unpaired) electrons. The molecule has 0 heterocycles. The Hall–Kier alpha value is -2.15. The van der Waals surface area contributed by atoms with Gasteiger partial charge in [0.15, 0.2) is 0 Å². The number of benzene rings is 3. The van der Waals surface area contributed by atoms with Gasteiger partial charge in [0.25, 0.3) is 0 Å². The lowest BCUT2D eigenvalue weighted by Gasteiger charge is -2.02. The number of fused-ring (bicyclic) bond motifs is 4. The second-order valence-corrected chi connectivity index (χ2v) is 4.64. The van der Waals surface area contributed by atoms with Crippen molar-refractivity contribution in [2.24, 2.45) is 0 Å². The van der Waals surface area contributed by atoms with Crippen LogP contribution >= 0.6 is 0 Å². The molecule has 0 fully saturated rings. The highest BCUT2D eigenvalue weighted by molar-refractivity contribution is 6.04. The summed E-state index contributed by atoms with van der Waals surface area (Å²) in [5.41, 5.74) is 3.46. The summed E-state index contributed by atoms with van der Waals surface area (Å²) in [6.45, 7) is 0. The van der Waals surface area contributed by atoms with E-state index in [1.807, 2.05) is 12.1 Å². The summed E-state index contributed by atoms with van der Waals surface area (Å²) in [6, 6.07) is 14.8. The van der Waals surface area contributed by atoms with Crippen molar-refractivity contribution in [2.45, 2.75) is 6.42 Å². The van der Waals surface area contributed by atoms with E-state index in [0.717, 1.165) is 18.3 Å². The van der Waals surface area contributed by atoms with E-state index in [2.05, 4.69) is 30.3 Å². The molecule has 0 bridgehead atoms. The standard InChI is InChI=1S/C16H10O/c17-9-13-6-12-5-10-3-1-2-4-11(10)7-14(12)16-8-15(13)16/h1-7,9H,8H2. The number of hydrogen-bond donors (Lipinski definition) is 0. The smallest absolute Gasteiger partial charge is 0.150 e. The highest BCUT2D eigenvalue weighted by Gasteiger charge is 2.24. The Labute approximate surface area is 98.7 Å². The van der Waals surface area contributed by atoms with Crippen LogP contribution in [0.5, 0.6) is 0 Å². The van der Waals surface area contributed by atoms with Crippen LogP contribution < -0.4 is 0 Å². The lowest BCUT2D eigenvalue weighted by Crippen LogP contribution is -1.81. The summed E-state index contributed by atoms with van der Waals surface area (Å²) in [6.07, 6.45) is 1.95. The van der Waals surface area contributed by atoms with Gasteiger partial charge < -0.3 is 0 Å². The fraction of sp³-hybridized carbons (Fsp3) is 0.0625. The summed E-state index contributed by atoms with van der Waals surface area (Å²) in [4.78, 5) is 11.0. The molecule has 1 aliphatic rings. The Morgan fingerprint density at radius 1 is 0.882 bits per heavy atom. The van der Waals surface area contributed by atoms with E-state index in [1.165, 1.54) is 32.7 Å². The van der Waals surface area contributed by atoms with Gasteiger partial charge in [-0.25, -0.2) is 0 Å². The molecular formula is C16H10O. The first-order valence-electron chi connectivity index (χ1n) is 5.79. The van der Waals surface area contributed by atoms with Crippen molar-refractivity contribution in [3.05, 3.63) is 59.2 Å². The molecule has 3 aromatic carbocycles. The molecular weight excluding hydrogens is 208 g/mol. The molecule has 1 aliphatic carbocycles. The van der Waals surface area contributed by atoms with Crippen molar-refractivity contribution in [2.75, 3.05) is 0 Å². The van der Waals surface area contributed by atoms with Crippen molar-refractivity contribution in [3.8, 4) is 0 Å². The fourth-order valence-corrected chi connectivity index (χ4v) is 2.67. The van der Waals surface area contributed by atoms with Gasteiger partial charge in [0.1, 0.15) is 6.29 Å². The predicted octanol–water partition coefficient (Wildman–Crippen LogP) is 3.71. The molecule has 80 valence electrons. The maximum Gasteiger partial charge on any atom is 0.150 e. The van der Waals surface area contributed by atoms with Gasteiger partial charge in [-0.05, 0) is 57.3 Å². The van der Waals surface area contributed by atoms with Gasteiger partial charge >= 0.3 is 0 Å². The van der Waals surface area contributed by atoms with E-state index >= 15 is 0 Å². The fourth-order valence-electron chi connectivity index (χ4n) is 2.67. The van der Waals surface area contributed by atoms with E-state index in [0.29, 0.717) is 0 Å². The molecule has 1 nitrogen and oxygen atoms in total. The van der Waals surface area contributed by atoms with Crippen LogP contribution in [0.2, 0.25) is 0 Å². The maximum atomic E-state index is 11.0. The molecule has 0 saturated carbocycles. The first kappa shape index (κ1) is 8.94. The summed E-state index contributed by atoms with van der Waals surface area (Å²) < 4.78 is 0. The number of carbonyl (C=O) groups is 1. The lowest BCUT2D eigenvalue weighted by atomic mass is 10.0. The van der Waals surface area contributed by atoms with Crippen molar-refractivity contribution in [3.63, 3.8) is 0 Å². The van der Waals surface area contributed by atoms with Gasteiger partial charge in [-0.2, -0.15) is 0 Å². The van der Waals surface area contributed by atoms with Gasteiger partial charge in [-0.3, -0.25) is 4.79 Å². The molecule has 17 heavy (non-hydrogen) atoms. The monoisotopic (exact) mass is 218 g/mol. The zero-order valence-electron chi connectivity index (χ0n) is 9.23. The van der Waals surface area contributed by atoms with Crippen molar-refractivity contribution in [1.82, 2.24) is 0 Å². The Morgan fingerprint density at radius 3 is 2.41 bits per heavy atom.